The summed E-state index contributed by atoms with van der Waals surface area (Å²) in [6.45, 7) is 0. The summed E-state index contributed by atoms with van der Waals surface area (Å²) in [6, 6.07) is 13.8. The van der Waals surface area contributed by atoms with Crippen LogP contribution in [0.15, 0.2) is 42.5 Å². The molecular formula is C13H13NO. The molecular weight excluding hydrogens is 186 g/mol. The van der Waals surface area contributed by atoms with Crippen molar-refractivity contribution in [3.8, 4) is 0 Å². The number of benzene rings is 2. The van der Waals surface area contributed by atoms with E-state index in [9.17, 15) is 4.79 Å². The van der Waals surface area contributed by atoms with Crippen LogP contribution in [-0.4, -0.2) is 12.3 Å². The first kappa shape index (κ1) is 9.87. The Hall–Kier alpha value is -1.67. The van der Waals surface area contributed by atoms with Crippen molar-refractivity contribution in [2.24, 2.45) is 5.73 Å². The summed E-state index contributed by atoms with van der Waals surface area (Å²) in [5.74, 6) is 0. The Balaban J connectivity index is 2.46. The van der Waals surface area contributed by atoms with Crippen molar-refractivity contribution >= 4 is 17.1 Å². The Morgan fingerprint density at radius 3 is 2.67 bits per heavy atom. The van der Waals surface area contributed by atoms with Crippen LogP contribution in [0, 0.1) is 0 Å². The number of fused-ring (bicyclic) bond motifs is 1. The average Bonchev–Trinajstić information content (AvgIpc) is 2.29. The maximum Gasteiger partial charge on any atom is 0.137 e. The molecule has 0 saturated heterocycles. The van der Waals surface area contributed by atoms with Gasteiger partial charge < -0.3 is 10.5 Å². The molecule has 0 fully saturated rings. The lowest BCUT2D eigenvalue weighted by atomic mass is 10.00. The second-order valence-electron chi connectivity index (χ2n) is 3.64. The quantitative estimate of drug-likeness (QED) is 0.767. The molecule has 2 nitrogen and oxygen atoms in total. The molecule has 0 aliphatic rings. The van der Waals surface area contributed by atoms with E-state index in [0.29, 0.717) is 6.42 Å². The molecule has 2 rings (SSSR count). The largest absolute Gasteiger partial charge is 0.321 e. The summed E-state index contributed by atoms with van der Waals surface area (Å²) in [7, 11) is 0. The van der Waals surface area contributed by atoms with Crippen molar-refractivity contribution in [1.82, 2.24) is 0 Å². The van der Waals surface area contributed by atoms with Crippen molar-refractivity contribution in [2.45, 2.75) is 12.5 Å². The maximum atomic E-state index is 10.5. The molecule has 2 aromatic carbocycles. The number of carbonyl (C=O) groups excluding carboxylic acids is 1. The number of hydrogen-bond donors (Lipinski definition) is 1. The number of hydrogen-bond acceptors (Lipinski definition) is 2. The van der Waals surface area contributed by atoms with E-state index in [2.05, 4.69) is 18.2 Å². The smallest absolute Gasteiger partial charge is 0.137 e. The molecule has 2 aromatic rings. The van der Waals surface area contributed by atoms with Gasteiger partial charge in [0.05, 0.1) is 6.04 Å². The zero-order valence-corrected chi connectivity index (χ0v) is 8.39. The zero-order chi connectivity index (χ0) is 10.7. The summed E-state index contributed by atoms with van der Waals surface area (Å²) in [5, 5.41) is 2.37. The molecule has 2 heteroatoms. The predicted octanol–water partition coefficient (Wildman–Crippen LogP) is 1.91. The van der Waals surface area contributed by atoms with Crippen molar-refractivity contribution in [1.29, 1.82) is 0 Å². The van der Waals surface area contributed by atoms with Gasteiger partial charge in [0, 0.05) is 0 Å². The second kappa shape index (κ2) is 4.24. The minimum atomic E-state index is -0.407. The minimum Gasteiger partial charge on any atom is -0.321 e. The number of nitrogens with two attached hydrogens (primary N) is 1. The molecule has 0 spiro atoms. The first-order valence-electron chi connectivity index (χ1n) is 4.99. The lowest BCUT2D eigenvalue weighted by molar-refractivity contribution is -0.108. The molecule has 0 amide bonds. The Kier molecular flexibility index (Phi) is 2.79. The third kappa shape index (κ3) is 2.05. The van der Waals surface area contributed by atoms with Gasteiger partial charge in [0.15, 0.2) is 0 Å². The molecule has 0 aromatic heterocycles. The van der Waals surface area contributed by atoms with Gasteiger partial charge in [0.1, 0.15) is 6.29 Å². The van der Waals surface area contributed by atoms with Crippen LogP contribution < -0.4 is 5.73 Å². The van der Waals surface area contributed by atoms with Crippen LogP contribution in [-0.2, 0) is 11.2 Å². The van der Waals surface area contributed by atoms with Gasteiger partial charge in [-0.2, -0.15) is 0 Å². The van der Waals surface area contributed by atoms with Crippen LogP contribution in [0.25, 0.3) is 10.8 Å². The van der Waals surface area contributed by atoms with Crippen LogP contribution in [0.5, 0.6) is 0 Å². The third-order valence-corrected chi connectivity index (χ3v) is 2.51. The molecule has 2 N–H and O–H groups in total. The van der Waals surface area contributed by atoms with E-state index >= 15 is 0 Å². The minimum absolute atomic E-state index is 0.407. The van der Waals surface area contributed by atoms with Crippen LogP contribution in [0.4, 0.5) is 0 Å². The van der Waals surface area contributed by atoms with Gasteiger partial charge in [-0.3, -0.25) is 0 Å². The maximum absolute atomic E-state index is 10.5. The summed E-state index contributed by atoms with van der Waals surface area (Å²) in [6.07, 6.45) is 1.40. The summed E-state index contributed by atoms with van der Waals surface area (Å²) in [5.41, 5.74) is 6.76. The van der Waals surface area contributed by atoms with E-state index in [-0.39, 0.29) is 0 Å². The predicted molar refractivity (Wildman–Crippen MR) is 61.7 cm³/mol. The van der Waals surface area contributed by atoms with E-state index in [1.54, 1.807) is 0 Å². The highest BCUT2D eigenvalue weighted by molar-refractivity contribution is 5.86. The average molecular weight is 199 g/mol. The van der Waals surface area contributed by atoms with Gasteiger partial charge >= 0.3 is 0 Å². The van der Waals surface area contributed by atoms with Crippen LogP contribution in [0.3, 0.4) is 0 Å². The topological polar surface area (TPSA) is 43.1 Å². The van der Waals surface area contributed by atoms with Crippen molar-refractivity contribution in [3.05, 3.63) is 48.0 Å². The van der Waals surface area contributed by atoms with Crippen LogP contribution >= 0.6 is 0 Å². The van der Waals surface area contributed by atoms with E-state index in [0.717, 1.165) is 11.8 Å². The first-order valence-corrected chi connectivity index (χ1v) is 4.99. The van der Waals surface area contributed by atoms with E-state index in [1.165, 1.54) is 10.8 Å². The molecule has 0 radical (unpaired) electrons. The standard InChI is InChI=1S/C13H13NO/c14-12(9-15)8-11-6-3-5-10-4-1-2-7-13(10)11/h1-7,9,12H,8,14H2/t12-/m0/s1. The normalized spacial score (nSPS) is 12.6. The van der Waals surface area contributed by atoms with Gasteiger partial charge in [-0.1, -0.05) is 42.5 Å². The molecule has 0 bridgehead atoms. The number of rotatable bonds is 3. The lowest BCUT2D eigenvalue weighted by Crippen LogP contribution is -2.24. The van der Waals surface area contributed by atoms with Gasteiger partial charge in [-0.25, -0.2) is 0 Å². The first-order chi connectivity index (χ1) is 7.31. The highest BCUT2D eigenvalue weighted by Gasteiger charge is 2.05. The highest BCUT2D eigenvalue weighted by Crippen LogP contribution is 2.19. The van der Waals surface area contributed by atoms with Gasteiger partial charge in [0.25, 0.3) is 0 Å². The fourth-order valence-corrected chi connectivity index (χ4v) is 1.77. The molecule has 0 aliphatic carbocycles. The monoisotopic (exact) mass is 199 g/mol. The van der Waals surface area contributed by atoms with Gasteiger partial charge in [-0.05, 0) is 22.8 Å². The Morgan fingerprint density at radius 2 is 1.87 bits per heavy atom. The van der Waals surface area contributed by atoms with E-state index < -0.39 is 6.04 Å². The molecule has 1 atom stereocenters. The SMILES string of the molecule is N[C@H](C=O)Cc1cccc2ccccc12. The Bertz CT molecular complexity index is 473. The number of aldehydes is 1. The summed E-state index contributed by atoms with van der Waals surface area (Å²) < 4.78 is 0. The van der Waals surface area contributed by atoms with E-state index in [4.69, 9.17) is 5.73 Å². The van der Waals surface area contributed by atoms with Crippen molar-refractivity contribution in [3.63, 3.8) is 0 Å². The molecule has 0 aliphatic heterocycles. The fraction of sp³-hybridized carbons (Fsp3) is 0.154. The Morgan fingerprint density at radius 1 is 1.13 bits per heavy atom. The summed E-state index contributed by atoms with van der Waals surface area (Å²) >= 11 is 0. The second-order valence-corrected chi connectivity index (χ2v) is 3.64. The van der Waals surface area contributed by atoms with Crippen molar-refractivity contribution in [2.75, 3.05) is 0 Å². The molecule has 0 heterocycles. The van der Waals surface area contributed by atoms with Crippen LogP contribution in [0.1, 0.15) is 5.56 Å². The molecule has 15 heavy (non-hydrogen) atoms. The highest BCUT2D eigenvalue weighted by atomic mass is 16.1. The van der Waals surface area contributed by atoms with Gasteiger partial charge in [0.2, 0.25) is 0 Å². The third-order valence-electron chi connectivity index (χ3n) is 2.51. The number of carbonyl (C=O) groups is 1. The van der Waals surface area contributed by atoms with E-state index in [1.807, 2.05) is 24.3 Å². The lowest BCUT2D eigenvalue weighted by Gasteiger charge is -2.07. The van der Waals surface area contributed by atoms with Gasteiger partial charge in [-0.15, -0.1) is 0 Å². The molecule has 0 saturated carbocycles. The zero-order valence-electron chi connectivity index (χ0n) is 8.39. The summed E-state index contributed by atoms with van der Waals surface area (Å²) in [4.78, 5) is 10.5. The molecule has 0 unspecified atom stereocenters. The Labute approximate surface area is 88.7 Å². The van der Waals surface area contributed by atoms with Crippen molar-refractivity contribution < 1.29 is 4.79 Å². The molecule has 76 valence electrons. The fourth-order valence-electron chi connectivity index (χ4n) is 1.77. The van der Waals surface area contributed by atoms with Crippen LogP contribution in [0.2, 0.25) is 0 Å².